The van der Waals surface area contributed by atoms with Crippen molar-refractivity contribution < 1.29 is 14.4 Å². The highest BCUT2D eigenvalue weighted by Gasteiger charge is 2.36. The van der Waals surface area contributed by atoms with Crippen LogP contribution in [0.3, 0.4) is 0 Å². The first-order valence-electron chi connectivity index (χ1n) is 6.63. The van der Waals surface area contributed by atoms with Crippen LogP contribution in [-0.2, 0) is 4.74 Å². The van der Waals surface area contributed by atoms with Crippen LogP contribution in [-0.4, -0.2) is 21.9 Å². The summed E-state index contributed by atoms with van der Waals surface area (Å²) in [7, 11) is 0. The zero-order valence-corrected chi connectivity index (χ0v) is 11.8. The van der Waals surface area contributed by atoms with Crippen molar-refractivity contribution >= 4 is 11.6 Å². The van der Waals surface area contributed by atoms with Gasteiger partial charge >= 0.3 is 0 Å². The first kappa shape index (κ1) is 13.4. The van der Waals surface area contributed by atoms with Crippen LogP contribution >= 0.6 is 11.6 Å². The topological polar surface area (TPSA) is 68.4 Å². The average Bonchev–Trinajstić information content (AvgIpc) is 3.16. The van der Waals surface area contributed by atoms with E-state index in [1.54, 1.807) is 12.1 Å². The minimum atomic E-state index is -0.126. The maximum Gasteiger partial charge on any atom is 0.261 e. The van der Waals surface area contributed by atoms with Gasteiger partial charge in [0, 0.05) is 11.6 Å². The second kappa shape index (κ2) is 5.42. The summed E-state index contributed by atoms with van der Waals surface area (Å²) in [6.45, 7) is 2.55. The van der Waals surface area contributed by atoms with E-state index in [-0.39, 0.29) is 17.7 Å². The normalized spacial score (nSPS) is 16.3. The van der Waals surface area contributed by atoms with Gasteiger partial charge in [0.25, 0.3) is 5.89 Å². The van der Waals surface area contributed by atoms with E-state index in [1.165, 1.54) is 6.07 Å². The second-order valence-electron chi connectivity index (χ2n) is 4.83. The van der Waals surface area contributed by atoms with Gasteiger partial charge in [0.15, 0.2) is 0 Å². The molecule has 1 atom stereocenters. The number of benzene rings is 1. The van der Waals surface area contributed by atoms with Gasteiger partial charge in [-0.05, 0) is 43.9 Å². The summed E-state index contributed by atoms with van der Waals surface area (Å²) in [5.41, 5.74) is 0.433. The molecular weight excluding hydrogens is 280 g/mol. The van der Waals surface area contributed by atoms with Crippen molar-refractivity contribution in [1.82, 2.24) is 10.1 Å². The predicted molar refractivity (Wildman–Crippen MR) is 73.5 cm³/mol. The smallest absolute Gasteiger partial charge is 0.261 e. The van der Waals surface area contributed by atoms with Crippen molar-refractivity contribution in [2.24, 2.45) is 5.92 Å². The lowest BCUT2D eigenvalue weighted by molar-refractivity contribution is 0.0385. The molecule has 5 nitrogen and oxygen atoms in total. The number of aromatic hydroxyl groups is 1. The molecular formula is C14H15ClN2O3. The number of rotatable bonds is 5. The quantitative estimate of drug-likeness (QED) is 0.913. The van der Waals surface area contributed by atoms with E-state index in [0.717, 1.165) is 12.8 Å². The van der Waals surface area contributed by atoms with Gasteiger partial charge in [0.1, 0.15) is 11.9 Å². The largest absolute Gasteiger partial charge is 0.507 e. The molecule has 0 amide bonds. The molecule has 1 aliphatic rings. The van der Waals surface area contributed by atoms with Gasteiger partial charge in [-0.1, -0.05) is 16.8 Å². The van der Waals surface area contributed by atoms with Crippen LogP contribution in [0.2, 0.25) is 5.02 Å². The number of phenolic OH excluding ortho intramolecular Hbond substituents is 1. The first-order valence-corrected chi connectivity index (χ1v) is 7.01. The lowest BCUT2D eigenvalue weighted by Gasteiger charge is -2.11. The molecule has 1 aliphatic carbocycles. The summed E-state index contributed by atoms with van der Waals surface area (Å²) in [6.07, 6.45) is 2.12. The van der Waals surface area contributed by atoms with Crippen LogP contribution in [0, 0.1) is 5.92 Å². The van der Waals surface area contributed by atoms with Crippen LogP contribution in [0.25, 0.3) is 11.5 Å². The van der Waals surface area contributed by atoms with Crippen molar-refractivity contribution in [2.75, 3.05) is 6.61 Å². The molecule has 1 fully saturated rings. The molecule has 6 heteroatoms. The van der Waals surface area contributed by atoms with Gasteiger partial charge in [-0.2, -0.15) is 4.98 Å². The maximum atomic E-state index is 9.84. The van der Waals surface area contributed by atoms with E-state index in [4.69, 9.17) is 20.9 Å². The third-order valence-electron chi connectivity index (χ3n) is 3.28. The number of ether oxygens (including phenoxy) is 1. The van der Waals surface area contributed by atoms with Crippen LogP contribution in [0.1, 0.15) is 31.7 Å². The highest BCUT2D eigenvalue weighted by atomic mass is 35.5. The molecule has 1 saturated carbocycles. The Morgan fingerprint density at radius 3 is 3.00 bits per heavy atom. The molecule has 3 rings (SSSR count). The molecule has 1 heterocycles. The van der Waals surface area contributed by atoms with E-state index in [9.17, 15) is 5.11 Å². The third kappa shape index (κ3) is 2.64. The third-order valence-corrected chi connectivity index (χ3v) is 3.52. The van der Waals surface area contributed by atoms with Crippen LogP contribution in [0.4, 0.5) is 0 Å². The summed E-state index contributed by atoms with van der Waals surface area (Å²) in [6, 6.07) is 4.70. The van der Waals surface area contributed by atoms with E-state index in [2.05, 4.69) is 10.1 Å². The number of hydrogen-bond acceptors (Lipinski definition) is 5. The Kier molecular flexibility index (Phi) is 3.63. The molecule has 0 radical (unpaired) electrons. The Hall–Kier alpha value is -1.59. The molecule has 1 aromatic heterocycles. The molecule has 0 spiro atoms. The van der Waals surface area contributed by atoms with Crippen molar-refractivity contribution in [2.45, 2.75) is 25.9 Å². The fourth-order valence-corrected chi connectivity index (χ4v) is 2.31. The van der Waals surface area contributed by atoms with Crippen molar-refractivity contribution in [1.29, 1.82) is 0 Å². The van der Waals surface area contributed by atoms with Gasteiger partial charge < -0.3 is 14.4 Å². The Morgan fingerprint density at radius 1 is 1.50 bits per heavy atom. The van der Waals surface area contributed by atoms with Gasteiger partial charge in [0.05, 0.1) is 5.56 Å². The number of aromatic nitrogens is 2. The zero-order valence-electron chi connectivity index (χ0n) is 11.0. The first-order chi connectivity index (χ1) is 9.69. The van der Waals surface area contributed by atoms with Crippen molar-refractivity contribution in [3.05, 3.63) is 29.0 Å². The minimum absolute atomic E-state index is 0.0592. The summed E-state index contributed by atoms with van der Waals surface area (Å²) >= 11 is 5.92. The Morgan fingerprint density at radius 2 is 2.30 bits per heavy atom. The van der Waals surface area contributed by atoms with Gasteiger partial charge in [-0.15, -0.1) is 0 Å². The van der Waals surface area contributed by atoms with Gasteiger partial charge in [-0.25, -0.2) is 0 Å². The molecule has 0 saturated heterocycles. The van der Waals surface area contributed by atoms with Gasteiger partial charge in [0.2, 0.25) is 5.82 Å². The van der Waals surface area contributed by atoms with Crippen molar-refractivity contribution in [3.8, 4) is 17.2 Å². The molecule has 20 heavy (non-hydrogen) atoms. The zero-order chi connectivity index (χ0) is 14.1. The van der Waals surface area contributed by atoms with E-state index in [1.807, 2.05) is 6.92 Å². The SMILES string of the molecule is CCOC(c1noc(-c2cc(Cl)ccc2O)n1)C1CC1. The van der Waals surface area contributed by atoms with Crippen LogP contribution in [0.15, 0.2) is 22.7 Å². The molecule has 2 aromatic rings. The summed E-state index contributed by atoms with van der Waals surface area (Å²) in [5, 5.41) is 14.3. The Labute approximate surface area is 121 Å². The molecule has 1 aromatic carbocycles. The maximum absolute atomic E-state index is 9.84. The number of phenols is 1. The lowest BCUT2D eigenvalue weighted by atomic mass is 10.2. The summed E-state index contributed by atoms with van der Waals surface area (Å²) in [5.74, 6) is 1.31. The highest BCUT2D eigenvalue weighted by molar-refractivity contribution is 6.30. The van der Waals surface area contributed by atoms with Crippen LogP contribution < -0.4 is 0 Å². The van der Waals surface area contributed by atoms with E-state index >= 15 is 0 Å². The molecule has 1 N–H and O–H groups in total. The average molecular weight is 295 g/mol. The molecule has 0 bridgehead atoms. The number of halogens is 1. The molecule has 1 unspecified atom stereocenters. The van der Waals surface area contributed by atoms with E-state index in [0.29, 0.717) is 28.9 Å². The van der Waals surface area contributed by atoms with Crippen LogP contribution in [0.5, 0.6) is 5.75 Å². The predicted octanol–water partition coefficient (Wildman–Crippen LogP) is 3.58. The fraction of sp³-hybridized carbons (Fsp3) is 0.429. The summed E-state index contributed by atoms with van der Waals surface area (Å²) in [4.78, 5) is 4.34. The second-order valence-corrected chi connectivity index (χ2v) is 5.27. The Balaban J connectivity index is 1.90. The fourth-order valence-electron chi connectivity index (χ4n) is 2.14. The summed E-state index contributed by atoms with van der Waals surface area (Å²) < 4.78 is 10.9. The highest BCUT2D eigenvalue weighted by Crippen LogP contribution is 2.43. The van der Waals surface area contributed by atoms with E-state index < -0.39 is 0 Å². The van der Waals surface area contributed by atoms with Crippen molar-refractivity contribution in [3.63, 3.8) is 0 Å². The number of nitrogens with zero attached hydrogens (tertiary/aromatic N) is 2. The minimum Gasteiger partial charge on any atom is -0.507 e. The monoisotopic (exact) mass is 294 g/mol. The molecule has 106 valence electrons. The number of hydrogen-bond donors (Lipinski definition) is 1. The Bertz CT molecular complexity index is 610. The standard InChI is InChI=1S/C14H15ClN2O3/c1-2-19-12(8-3-4-8)13-16-14(20-17-13)10-7-9(15)5-6-11(10)18/h5-8,12,18H,2-4H2,1H3. The molecule has 0 aliphatic heterocycles. The lowest BCUT2D eigenvalue weighted by Crippen LogP contribution is -2.08. The van der Waals surface area contributed by atoms with Gasteiger partial charge in [-0.3, -0.25) is 0 Å².